The van der Waals surface area contributed by atoms with Crippen molar-refractivity contribution in [2.45, 2.75) is 13.3 Å². The molecule has 0 fully saturated rings. The first-order valence-corrected chi connectivity index (χ1v) is 4.22. The fourth-order valence-corrected chi connectivity index (χ4v) is 1.51. The number of ether oxygens (including phenoxy) is 1. The summed E-state index contributed by atoms with van der Waals surface area (Å²) in [4.78, 5) is 0. The van der Waals surface area contributed by atoms with E-state index in [0.29, 0.717) is 11.8 Å². The monoisotopic (exact) mass is 152 g/mol. The maximum absolute atomic E-state index is 5.13. The zero-order chi connectivity index (χ0) is 8.10. The number of allylic oxidation sites excluding steroid dienone is 3. The van der Waals surface area contributed by atoms with Gasteiger partial charge in [0, 0.05) is 13.0 Å². The Bertz CT molecular complexity index is 158. The molecule has 62 valence electrons. The molecule has 0 aromatic carbocycles. The normalized spacial score (nSPS) is 29.3. The maximum atomic E-state index is 5.13. The van der Waals surface area contributed by atoms with Gasteiger partial charge in [-0.2, -0.15) is 0 Å². The minimum Gasteiger partial charge on any atom is -0.384 e. The van der Waals surface area contributed by atoms with Crippen molar-refractivity contribution in [3.05, 3.63) is 24.3 Å². The van der Waals surface area contributed by atoms with Crippen molar-refractivity contribution in [2.24, 2.45) is 11.8 Å². The van der Waals surface area contributed by atoms with Crippen LogP contribution in [0.25, 0.3) is 0 Å². The lowest BCUT2D eigenvalue weighted by molar-refractivity contribution is 0.151. The third kappa shape index (κ3) is 2.19. The Morgan fingerprint density at radius 1 is 1.18 bits per heavy atom. The van der Waals surface area contributed by atoms with Crippen molar-refractivity contribution in [2.75, 3.05) is 13.7 Å². The Kier molecular flexibility index (Phi) is 3.37. The molecule has 2 atom stereocenters. The smallest absolute Gasteiger partial charge is 0.0530 e. The highest BCUT2D eigenvalue weighted by Crippen LogP contribution is 2.22. The zero-order valence-electron chi connectivity index (χ0n) is 7.29. The highest BCUT2D eigenvalue weighted by molar-refractivity contribution is 5.14. The molecule has 0 saturated heterocycles. The van der Waals surface area contributed by atoms with Crippen LogP contribution in [0.2, 0.25) is 0 Å². The Morgan fingerprint density at radius 3 is 2.36 bits per heavy atom. The average Bonchev–Trinajstić information content (AvgIpc) is 2.06. The summed E-state index contributed by atoms with van der Waals surface area (Å²) in [5.41, 5.74) is 0. The van der Waals surface area contributed by atoms with Crippen LogP contribution in [-0.2, 0) is 4.74 Å². The molecule has 0 aliphatic heterocycles. The summed E-state index contributed by atoms with van der Waals surface area (Å²) in [6.07, 6.45) is 9.94. The van der Waals surface area contributed by atoms with Gasteiger partial charge in [0.15, 0.2) is 0 Å². The van der Waals surface area contributed by atoms with E-state index in [4.69, 9.17) is 4.74 Å². The van der Waals surface area contributed by atoms with Crippen molar-refractivity contribution in [3.63, 3.8) is 0 Å². The van der Waals surface area contributed by atoms with E-state index in [1.54, 1.807) is 7.11 Å². The van der Waals surface area contributed by atoms with Crippen molar-refractivity contribution in [1.82, 2.24) is 0 Å². The first-order valence-electron chi connectivity index (χ1n) is 4.22. The average molecular weight is 152 g/mol. The second kappa shape index (κ2) is 4.35. The van der Waals surface area contributed by atoms with Crippen molar-refractivity contribution < 1.29 is 4.74 Å². The molecule has 0 bridgehead atoms. The van der Waals surface area contributed by atoms with Gasteiger partial charge < -0.3 is 4.74 Å². The van der Waals surface area contributed by atoms with Gasteiger partial charge in [-0.05, 0) is 12.3 Å². The third-order valence-corrected chi connectivity index (χ3v) is 2.21. The Balaban J connectivity index is 2.48. The fraction of sp³-hybridized carbons (Fsp3) is 0.600. The number of methoxy groups -OCH3 is 1. The lowest BCUT2D eigenvalue weighted by Gasteiger charge is -2.21. The molecule has 1 aliphatic rings. The molecule has 0 N–H and O–H groups in total. The largest absolute Gasteiger partial charge is 0.384 e. The summed E-state index contributed by atoms with van der Waals surface area (Å²) in [5.74, 6) is 1.27. The van der Waals surface area contributed by atoms with Gasteiger partial charge in [0.2, 0.25) is 0 Å². The van der Waals surface area contributed by atoms with Crippen LogP contribution >= 0.6 is 0 Å². The van der Waals surface area contributed by atoms with E-state index < -0.39 is 0 Å². The second-order valence-corrected chi connectivity index (χ2v) is 2.96. The molecule has 0 amide bonds. The van der Waals surface area contributed by atoms with Gasteiger partial charge in [-0.1, -0.05) is 31.2 Å². The van der Waals surface area contributed by atoms with E-state index in [2.05, 4.69) is 31.2 Å². The topological polar surface area (TPSA) is 9.23 Å². The third-order valence-electron chi connectivity index (χ3n) is 2.21. The molecule has 1 aliphatic carbocycles. The number of rotatable bonds is 3. The molecule has 0 saturated carbocycles. The molecular weight excluding hydrogens is 136 g/mol. The predicted molar refractivity (Wildman–Crippen MR) is 47.4 cm³/mol. The molecule has 1 nitrogen and oxygen atoms in total. The van der Waals surface area contributed by atoms with E-state index in [1.165, 1.54) is 6.42 Å². The van der Waals surface area contributed by atoms with E-state index in [0.717, 1.165) is 6.61 Å². The molecule has 0 spiro atoms. The van der Waals surface area contributed by atoms with E-state index in [9.17, 15) is 0 Å². The highest BCUT2D eigenvalue weighted by atomic mass is 16.5. The van der Waals surface area contributed by atoms with Crippen LogP contribution in [0.4, 0.5) is 0 Å². The van der Waals surface area contributed by atoms with Crippen LogP contribution < -0.4 is 0 Å². The van der Waals surface area contributed by atoms with Crippen LogP contribution in [0.3, 0.4) is 0 Å². The van der Waals surface area contributed by atoms with Crippen LogP contribution in [-0.4, -0.2) is 13.7 Å². The fourth-order valence-electron chi connectivity index (χ4n) is 1.51. The standard InChI is InChI=1S/C10H16O/c1-3-9-6-4-5-7-10(9)8-11-2/h4-7,9-10H,3,8H2,1-2H3. The quantitative estimate of drug-likeness (QED) is 0.603. The van der Waals surface area contributed by atoms with Crippen LogP contribution in [0.5, 0.6) is 0 Å². The lowest BCUT2D eigenvalue weighted by Crippen LogP contribution is -2.16. The molecule has 0 aromatic heterocycles. The maximum Gasteiger partial charge on any atom is 0.0530 e. The van der Waals surface area contributed by atoms with Gasteiger partial charge in [0.1, 0.15) is 0 Å². The Morgan fingerprint density at radius 2 is 1.82 bits per heavy atom. The van der Waals surface area contributed by atoms with Gasteiger partial charge >= 0.3 is 0 Å². The first-order chi connectivity index (χ1) is 5.38. The van der Waals surface area contributed by atoms with Gasteiger partial charge in [-0.25, -0.2) is 0 Å². The van der Waals surface area contributed by atoms with Gasteiger partial charge in [-0.3, -0.25) is 0 Å². The van der Waals surface area contributed by atoms with E-state index in [-0.39, 0.29) is 0 Å². The number of hydrogen-bond donors (Lipinski definition) is 0. The summed E-state index contributed by atoms with van der Waals surface area (Å²) in [6.45, 7) is 3.07. The van der Waals surface area contributed by atoms with Crippen LogP contribution in [0.1, 0.15) is 13.3 Å². The molecule has 1 rings (SSSR count). The minimum atomic E-state index is 0.593. The van der Waals surface area contributed by atoms with Gasteiger partial charge in [0.25, 0.3) is 0 Å². The molecule has 2 unspecified atom stereocenters. The van der Waals surface area contributed by atoms with Gasteiger partial charge in [0.05, 0.1) is 6.61 Å². The highest BCUT2D eigenvalue weighted by Gasteiger charge is 2.15. The van der Waals surface area contributed by atoms with Crippen molar-refractivity contribution >= 4 is 0 Å². The summed E-state index contributed by atoms with van der Waals surface area (Å²) < 4.78 is 5.13. The molecule has 0 aromatic rings. The van der Waals surface area contributed by atoms with Crippen LogP contribution in [0.15, 0.2) is 24.3 Å². The second-order valence-electron chi connectivity index (χ2n) is 2.96. The molecule has 0 heterocycles. The summed E-state index contributed by atoms with van der Waals surface area (Å²) >= 11 is 0. The summed E-state index contributed by atoms with van der Waals surface area (Å²) in [5, 5.41) is 0. The summed E-state index contributed by atoms with van der Waals surface area (Å²) in [6, 6.07) is 0. The SMILES string of the molecule is CCC1C=CC=CC1COC. The van der Waals surface area contributed by atoms with E-state index in [1.807, 2.05) is 0 Å². The minimum absolute atomic E-state index is 0.593. The molecule has 0 radical (unpaired) electrons. The van der Waals surface area contributed by atoms with Crippen molar-refractivity contribution in [3.8, 4) is 0 Å². The lowest BCUT2D eigenvalue weighted by atomic mass is 9.87. The van der Waals surface area contributed by atoms with Crippen molar-refractivity contribution in [1.29, 1.82) is 0 Å². The molecular formula is C10H16O. The molecule has 11 heavy (non-hydrogen) atoms. The van der Waals surface area contributed by atoms with Crippen LogP contribution in [0, 0.1) is 11.8 Å². The van der Waals surface area contributed by atoms with Gasteiger partial charge in [-0.15, -0.1) is 0 Å². The van der Waals surface area contributed by atoms with E-state index >= 15 is 0 Å². The Hall–Kier alpha value is -0.560. The zero-order valence-corrected chi connectivity index (χ0v) is 7.29. The Labute approximate surface area is 68.8 Å². The first kappa shape index (κ1) is 8.54. The number of hydrogen-bond acceptors (Lipinski definition) is 1. The predicted octanol–water partition coefficient (Wildman–Crippen LogP) is 2.40. The summed E-state index contributed by atoms with van der Waals surface area (Å²) in [7, 11) is 1.76. The molecule has 1 heteroatoms.